The van der Waals surface area contributed by atoms with Crippen LogP contribution in [-0.2, 0) is 20.7 Å². The van der Waals surface area contributed by atoms with E-state index in [4.69, 9.17) is 10.5 Å². The number of carbonyl (C=O) groups excluding carboxylic acids is 2. The molecule has 0 aromatic heterocycles. The third kappa shape index (κ3) is 4.03. The molecule has 114 valence electrons. The van der Waals surface area contributed by atoms with Crippen molar-refractivity contribution in [2.24, 2.45) is 11.7 Å². The molecule has 1 heterocycles. The summed E-state index contributed by atoms with van der Waals surface area (Å²) < 4.78 is 5.17. The van der Waals surface area contributed by atoms with Crippen molar-refractivity contribution >= 4 is 11.8 Å². The SMILES string of the molecule is NC(=O)C(Cc1ccccc1)C(O)C(=O)N1CCOCC1. The monoisotopic (exact) mass is 292 g/mol. The van der Waals surface area contributed by atoms with E-state index in [1.165, 1.54) is 4.90 Å². The minimum Gasteiger partial charge on any atom is -0.382 e. The van der Waals surface area contributed by atoms with E-state index in [0.29, 0.717) is 26.3 Å². The Balaban J connectivity index is 2.06. The Bertz CT molecular complexity index is 486. The second-order valence-corrected chi connectivity index (χ2v) is 5.08. The first-order valence-electron chi connectivity index (χ1n) is 6.97. The van der Waals surface area contributed by atoms with Gasteiger partial charge in [-0.3, -0.25) is 9.59 Å². The summed E-state index contributed by atoms with van der Waals surface area (Å²) >= 11 is 0. The first-order valence-corrected chi connectivity index (χ1v) is 6.97. The Labute approximate surface area is 123 Å². The summed E-state index contributed by atoms with van der Waals surface area (Å²) in [4.78, 5) is 25.4. The first-order chi connectivity index (χ1) is 10.1. The van der Waals surface area contributed by atoms with Gasteiger partial charge in [0.25, 0.3) is 5.91 Å². The molecule has 6 nitrogen and oxygen atoms in total. The van der Waals surface area contributed by atoms with Gasteiger partial charge in [0.15, 0.2) is 0 Å². The fourth-order valence-electron chi connectivity index (χ4n) is 2.38. The van der Waals surface area contributed by atoms with Crippen LogP contribution in [0, 0.1) is 5.92 Å². The molecule has 0 radical (unpaired) electrons. The van der Waals surface area contributed by atoms with E-state index >= 15 is 0 Å². The molecule has 1 aromatic rings. The average molecular weight is 292 g/mol. The topological polar surface area (TPSA) is 92.9 Å². The lowest BCUT2D eigenvalue weighted by atomic mass is 9.92. The number of aliphatic hydroxyl groups is 1. The number of primary amides is 1. The van der Waals surface area contributed by atoms with Gasteiger partial charge < -0.3 is 20.5 Å². The molecule has 1 saturated heterocycles. The summed E-state index contributed by atoms with van der Waals surface area (Å²) in [5, 5.41) is 10.2. The highest BCUT2D eigenvalue weighted by Crippen LogP contribution is 2.15. The minimum atomic E-state index is -1.42. The van der Waals surface area contributed by atoms with Crippen molar-refractivity contribution < 1.29 is 19.4 Å². The lowest BCUT2D eigenvalue weighted by Gasteiger charge is -2.30. The molecular formula is C15H20N2O4. The maximum atomic E-state index is 12.2. The summed E-state index contributed by atoms with van der Waals surface area (Å²) in [5.41, 5.74) is 6.22. The summed E-state index contributed by atoms with van der Waals surface area (Å²) in [6.07, 6.45) is -1.17. The van der Waals surface area contributed by atoms with Crippen molar-refractivity contribution in [3.05, 3.63) is 35.9 Å². The van der Waals surface area contributed by atoms with Gasteiger partial charge in [-0.25, -0.2) is 0 Å². The van der Waals surface area contributed by atoms with Crippen molar-refractivity contribution in [1.29, 1.82) is 0 Å². The molecule has 2 amide bonds. The number of morpholine rings is 1. The Kier molecular flexibility index (Phi) is 5.30. The molecule has 1 aliphatic rings. The fourth-order valence-corrected chi connectivity index (χ4v) is 2.38. The Morgan fingerprint density at radius 3 is 2.43 bits per heavy atom. The Morgan fingerprint density at radius 2 is 1.86 bits per heavy atom. The van der Waals surface area contributed by atoms with Crippen molar-refractivity contribution in [3.63, 3.8) is 0 Å². The molecule has 0 spiro atoms. The number of hydrogen-bond donors (Lipinski definition) is 2. The fraction of sp³-hybridized carbons (Fsp3) is 0.467. The van der Waals surface area contributed by atoms with Gasteiger partial charge in [0.2, 0.25) is 5.91 Å². The summed E-state index contributed by atoms with van der Waals surface area (Å²) in [7, 11) is 0. The van der Waals surface area contributed by atoms with Gasteiger partial charge in [0.05, 0.1) is 19.1 Å². The number of aliphatic hydroxyl groups excluding tert-OH is 1. The highest BCUT2D eigenvalue weighted by atomic mass is 16.5. The molecule has 1 fully saturated rings. The zero-order chi connectivity index (χ0) is 15.2. The number of nitrogens with two attached hydrogens (primary N) is 1. The van der Waals surface area contributed by atoms with Gasteiger partial charge in [-0.15, -0.1) is 0 Å². The largest absolute Gasteiger partial charge is 0.382 e. The Morgan fingerprint density at radius 1 is 1.24 bits per heavy atom. The van der Waals surface area contributed by atoms with Gasteiger partial charge in [-0.05, 0) is 12.0 Å². The molecule has 2 unspecified atom stereocenters. The minimum absolute atomic E-state index is 0.243. The zero-order valence-electron chi connectivity index (χ0n) is 11.8. The van der Waals surface area contributed by atoms with Crippen molar-refractivity contribution in [3.8, 4) is 0 Å². The lowest BCUT2D eigenvalue weighted by molar-refractivity contribution is -0.150. The van der Waals surface area contributed by atoms with Crippen LogP contribution in [0.4, 0.5) is 0 Å². The van der Waals surface area contributed by atoms with E-state index in [1.54, 1.807) is 0 Å². The molecule has 2 rings (SSSR count). The van der Waals surface area contributed by atoms with E-state index in [0.717, 1.165) is 5.56 Å². The molecule has 0 saturated carbocycles. The van der Waals surface area contributed by atoms with Gasteiger partial charge >= 0.3 is 0 Å². The first kappa shape index (κ1) is 15.5. The molecule has 6 heteroatoms. The number of ether oxygens (including phenoxy) is 1. The van der Waals surface area contributed by atoms with Crippen molar-refractivity contribution in [2.45, 2.75) is 12.5 Å². The van der Waals surface area contributed by atoms with Crippen LogP contribution in [0.1, 0.15) is 5.56 Å². The smallest absolute Gasteiger partial charge is 0.252 e. The molecule has 0 bridgehead atoms. The van der Waals surface area contributed by atoms with E-state index in [9.17, 15) is 14.7 Å². The molecule has 1 aromatic carbocycles. The van der Waals surface area contributed by atoms with Gasteiger partial charge in [0.1, 0.15) is 6.10 Å². The predicted molar refractivity (Wildman–Crippen MR) is 76.2 cm³/mol. The normalized spacial score (nSPS) is 18.0. The van der Waals surface area contributed by atoms with Gasteiger partial charge in [0, 0.05) is 13.1 Å². The maximum absolute atomic E-state index is 12.2. The van der Waals surface area contributed by atoms with Crippen molar-refractivity contribution in [1.82, 2.24) is 4.90 Å². The number of rotatable bonds is 5. The van der Waals surface area contributed by atoms with Crippen molar-refractivity contribution in [2.75, 3.05) is 26.3 Å². The third-order valence-electron chi connectivity index (χ3n) is 3.62. The summed E-state index contributed by atoms with van der Waals surface area (Å²) in [5.74, 6) is -2.06. The number of amides is 2. The summed E-state index contributed by atoms with van der Waals surface area (Å²) in [6, 6.07) is 9.20. The van der Waals surface area contributed by atoms with Gasteiger partial charge in [-0.1, -0.05) is 30.3 Å². The van der Waals surface area contributed by atoms with E-state index in [2.05, 4.69) is 0 Å². The quantitative estimate of drug-likeness (QED) is 0.769. The number of nitrogens with zero attached hydrogens (tertiary/aromatic N) is 1. The van der Waals surface area contributed by atoms with E-state index in [1.807, 2.05) is 30.3 Å². The molecule has 2 atom stereocenters. The second-order valence-electron chi connectivity index (χ2n) is 5.08. The standard InChI is InChI=1S/C15H20N2O4/c16-14(19)12(10-11-4-2-1-3-5-11)13(18)15(20)17-6-8-21-9-7-17/h1-5,12-13,18H,6-10H2,(H2,16,19). The maximum Gasteiger partial charge on any atom is 0.252 e. The van der Waals surface area contributed by atoms with Crippen LogP contribution in [0.2, 0.25) is 0 Å². The lowest BCUT2D eigenvalue weighted by Crippen LogP contribution is -2.50. The highest BCUT2D eigenvalue weighted by Gasteiger charge is 2.34. The second kappa shape index (κ2) is 7.19. The highest BCUT2D eigenvalue weighted by molar-refractivity contribution is 5.88. The van der Waals surface area contributed by atoms with Crippen LogP contribution in [0.25, 0.3) is 0 Å². The summed E-state index contributed by atoms with van der Waals surface area (Å²) in [6.45, 7) is 1.73. The van der Waals surface area contributed by atoms with Crippen LogP contribution >= 0.6 is 0 Å². The average Bonchev–Trinajstić information content (AvgIpc) is 2.53. The number of hydrogen-bond acceptors (Lipinski definition) is 4. The van der Waals surface area contributed by atoms with Gasteiger partial charge in [-0.2, -0.15) is 0 Å². The molecule has 21 heavy (non-hydrogen) atoms. The number of carbonyl (C=O) groups is 2. The van der Waals surface area contributed by atoms with Crippen LogP contribution in [0.3, 0.4) is 0 Å². The van der Waals surface area contributed by atoms with E-state index in [-0.39, 0.29) is 6.42 Å². The third-order valence-corrected chi connectivity index (χ3v) is 3.62. The molecule has 0 aliphatic carbocycles. The van der Waals surface area contributed by atoms with Crippen LogP contribution in [0.5, 0.6) is 0 Å². The van der Waals surface area contributed by atoms with Crippen LogP contribution in [-0.4, -0.2) is 54.2 Å². The van der Waals surface area contributed by atoms with E-state index < -0.39 is 23.8 Å². The molecule has 1 aliphatic heterocycles. The van der Waals surface area contributed by atoms with Crippen LogP contribution in [0.15, 0.2) is 30.3 Å². The molecular weight excluding hydrogens is 272 g/mol. The number of benzene rings is 1. The Hall–Kier alpha value is -1.92. The molecule has 3 N–H and O–H groups in total. The zero-order valence-corrected chi connectivity index (χ0v) is 11.8. The predicted octanol–water partition coefficient (Wildman–Crippen LogP) is -0.450. The van der Waals surface area contributed by atoms with Crippen LogP contribution < -0.4 is 5.73 Å².